The highest BCUT2D eigenvalue weighted by atomic mass is 35.5. The highest BCUT2D eigenvalue weighted by molar-refractivity contribution is 7.10. The maximum Gasteiger partial charge on any atom is 0.425 e. The van der Waals surface area contributed by atoms with Gasteiger partial charge in [0.2, 0.25) is 5.60 Å². The van der Waals surface area contributed by atoms with Crippen LogP contribution < -0.4 is 4.74 Å². The Balaban J connectivity index is 1.65. The molecule has 2 aliphatic rings. The van der Waals surface area contributed by atoms with Gasteiger partial charge in [-0.05, 0) is 54.7 Å². The van der Waals surface area contributed by atoms with Crippen molar-refractivity contribution in [1.29, 1.82) is 0 Å². The zero-order valence-corrected chi connectivity index (χ0v) is 26.3. The number of aromatic nitrogens is 1. The molecule has 1 aromatic carbocycles. The van der Waals surface area contributed by atoms with Gasteiger partial charge < -0.3 is 19.6 Å². The van der Waals surface area contributed by atoms with Gasteiger partial charge in [-0.25, -0.2) is 4.79 Å². The molecule has 0 spiro atoms. The van der Waals surface area contributed by atoms with Crippen LogP contribution >= 0.6 is 22.9 Å². The van der Waals surface area contributed by atoms with Crippen molar-refractivity contribution in [3.8, 4) is 5.75 Å². The quantitative estimate of drug-likeness (QED) is 0.260. The van der Waals surface area contributed by atoms with Crippen molar-refractivity contribution in [2.45, 2.75) is 69.1 Å². The summed E-state index contributed by atoms with van der Waals surface area (Å²) in [6.07, 6.45) is -8.37. The molecule has 8 nitrogen and oxygen atoms in total. The lowest BCUT2D eigenvalue weighted by Crippen LogP contribution is -2.69. The van der Waals surface area contributed by atoms with E-state index in [2.05, 4.69) is 4.98 Å². The number of thiophene rings is 1. The lowest BCUT2D eigenvalue weighted by atomic mass is 9.78. The molecule has 0 saturated carbocycles. The Morgan fingerprint density at radius 2 is 1.83 bits per heavy atom. The van der Waals surface area contributed by atoms with E-state index in [0.717, 1.165) is 27.4 Å². The molecule has 252 valence electrons. The van der Waals surface area contributed by atoms with Crippen LogP contribution in [0.5, 0.6) is 5.75 Å². The number of hydrogen-bond acceptors (Lipinski definition) is 6. The van der Waals surface area contributed by atoms with Gasteiger partial charge in [-0.15, -0.1) is 11.3 Å². The van der Waals surface area contributed by atoms with Crippen LogP contribution in [-0.4, -0.2) is 62.4 Å². The number of halogens is 7. The number of fused-ring (bicyclic) bond motifs is 1. The summed E-state index contributed by atoms with van der Waals surface area (Å²) in [5, 5.41) is 11.7. The number of carboxylic acid groups (broad SMARTS) is 1. The van der Waals surface area contributed by atoms with Crippen molar-refractivity contribution in [3.05, 3.63) is 80.3 Å². The second-order valence-electron chi connectivity index (χ2n) is 11.3. The second-order valence-corrected chi connectivity index (χ2v) is 12.6. The Morgan fingerprint density at radius 3 is 2.47 bits per heavy atom. The second kappa shape index (κ2) is 13.0. The molecule has 5 rings (SSSR count). The molecule has 47 heavy (non-hydrogen) atoms. The van der Waals surface area contributed by atoms with Crippen molar-refractivity contribution in [1.82, 2.24) is 14.8 Å². The van der Waals surface area contributed by atoms with Crippen LogP contribution in [0.15, 0.2) is 48.0 Å². The topological polar surface area (TPSA) is 100 Å². The minimum absolute atomic E-state index is 0.0000822. The van der Waals surface area contributed by atoms with Gasteiger partial charge in [-0.1, -0.05) is 31.0 Å². The maximum atomic E-state index is 14.8. The molecule has 2 amide bonds. The largest absolute Gasteiger partial charge is 0.479 e. The molecule has 0 radical (unpaired) electrons. The molecular formula is C31H28ClF6N3O5S. The van der Waals surface area contributed by atoms with E-state index in [0.29, 0.717) is 34.1 Å². The molecule has 0 bridgehead atoms. The Bertz CT molecular complexity index is 1680. The highest BCUT2D eigenvalue weighted by Crippen LogP contribution is 2.44. The molecule has 3 atom stereocenters. The summed E-state index contributed by atoms with van der Waals surface area (Å²) in [4.78, 5) is 46.3. The van der Waals surface area contributed by atoms with Gasteiger partial charge >= 0.3 is 18.3 Å². The zero-order valence-electron chi connectivity index (χ0n) is 24.7. The van der Waals surface area contributed by atoms with Gasteiger partial charge in [-0.3, -0.25) is 14.6 Å². The Labute approximate surface area is 273 Å². The van der Waals surface area contributed by atoms with Gasteiger partial charge in [0.15, 0.2) is 6.04 Å². The number of hydrogen-bond donors (Lipinski definition) is 1. The van der Waals surface area contributed by atoms with Crippen molar-refractivity contribution >= 4 is 40.7 Å². The number of piperidine rings is 1. The number of ether oxygens (including phenoxy) is 1. The fraction of sp³-hybridized carbons (Fsp3) is 0.419. The van der Waals surface area contributed by atoms with Gasteiger partial charge in [0.1, 0.15) is 16.3 Å². The number of aliphatic carboxylic acids is 1. The normalized spacial score (nSPS) is 21.7. The molecule has 0 aliphatic carbocycles. The number of carboxylic acids is 1. The summed E-state index contributed by atoms with van der Waals surface area (Å²) >= 11 is 6.44. The third-order valence-corrected chi connectivity index (χ3v) is 9.53. The van der Waals surface area contributed by atoms with E-state index >= 15 is 0 Å². The molecule has 1 N–H and O–H groups in total. The molecule has 1 fully saturated rings. The Kier molecular flexibility index (Phi) is 9.52. The Morgan fingerprint density at radius 1 is 1.09 bits per heavy atom. The number of likely N-dealkylation sites (tertiary alicyclic amines) is 1. The number of carbonyl (C=O) groups is 3. The predicted octanol–water partition coefficient (Wildman–Crippen LogP) is 7.27. The Hall–Kier alpha value is -3.85. The zero-order chi connectivity index (χ0) is 34.3. The van der Waals surface area contributed by atoms with Crippen LogP contribution in [0.25, 0.3) is 0 Å². The van der Waals surface area contributed by atoms with Crippen molar-refractivity contribution in [2.24, 2.45) is 0 Å². The average Bonchev–Trinajstić information content (AvgIpc) is 3.49. The summed E-state index contributed by atoms with van der Waals surface area (Å²) in [5.74, 6) is -3.81. The van der Waals surface area contributed by atoms with Crippen LogP contribution in [0.1, 0.15) is 70.7 Å². The van der Waals surface area contributed by atoms with Gasteiger partial charge in [-0.2, -0.15) is 26.3 Å². The van der Waals surface area contributed by atoms with Crippen LogP contribution in [-0.2, 0) is 28.4 Å². The van der Waals surface area contributed by atoms with E-state index in [1.165, 1.54) is 12.1 Å². The monoisotopic (exact) mass is 703 g/mol. The molecule has 0 unspecified atom stereocenters. The minimum atomic E-state index is -4.94. The number of rotatable bonds is 7. The predicted molar refractivity (Wildman–Crippen MR) is 158 cm³/mol. The summed E-state index contributed by atoms with van der Waals surface area (Å²) in [6.45, 7) is 1.44. The number of pyridine rings is 1. The lowest BCUT2D eigenvalue weighted by Gasteiger charge is -2.51. The smallest absolute Gasteiger partial charge is 0.425 e. The van der Waals surface area contributed by atoms with Crippen molar-refractivity contribution in [3.63, 3.8) is 0 Å². The van der Waals surface area contributed by atoms with Crippen LogP contribution in [0.4, 0.5) is 26.3 Å². The fourth-order valence-corrected chi connectivity index (χ4v) is 7.27. The third kappa shape index (κ3) is 6.64. The first-order valence-electron chi connectivity index (χ1n) is 14.6. The first-order valence-corrected chi connectivity index (χ1v) is 15.8. The van der Waals surface area contributed by atoms with Gasteiger partial charge in [0.25, 0.3) is 11.8 Å². The van der Waals surface area contributed by atoms with E-state index in [-0.39, 0.29) is 56.5 Å². The fourth-order valence-electron chi connectivity index (χ4n) is 6.40. The molecule has 16 heteroatoms. The molecule has 2 aromatic heterocycles. The lowest BCUT2D eigenvalue weighted by molar-refractivity contribution is -0.168. The maximum absolute atomic E-state index is 14.8. The highest BCUT2D eigenvalue weighted by Gasteiger charge is 2.57. The van der Waals surface area contributed by atoms with Crippen molar-refractivity contribution < 1.29 is 50.6 Å². The standard InChI is InChI=1S/C31H28ClF6N3O5S/c1-2-5-22-29(46-19-15-23(47-16-19)31(36,37)38,10-4-12-40(22)26(42)24-21(30(33,34)35)6-3-11-39-24)28(45)41-13-9-17-14-18(32)7-8-20(17)25(41)27(43)44/h3,6-8,11,14-16,22,25H,2,4-5,9-10,12-13H2,1H3,(H,43,44)/t22-,25-,29+/m1/s1. The summed E-state index contributed by atoms with van der Waals surface area (Å²) in [5.41, 5.74) is -3.53. The van der Waals surface area contributed by atoms with Gasteiger partial charge in [0.05, 0.1) is 11.6 Å². The van der Waals surface area contributed by atoms with Gasteiger partial charge in [0, 0.05) is 42.2 Å². The summed E-state index contributed by atoms with van der Waals surface area (Å²) < 4.78 is 88.8. The van der Waals surface area contributed by atoms with E-state index in [1.807, 2.05) is 0 Å². The number of amides is 2. The SMILES string of the molecule is CCC[C@H]1N(C(=O)c2ncccc2C(F)(F)F)CCC[C@@]1(Oc1csc(C(F)(F)F)c1)C(=O)N1CCc2cc(Cl)ccc2[C@@H]1C(=O)O. The van der Waals surface area contributed by atoms with E-state index < -0.39 is 64.0 Å². The molecule has 1 saturated heterocycles. The number of benzene rings is 1. The first kappa shape index (κ1) is 34.5. The van der Waals surface area contributed by atoms with Crippen LogP contribution in [0.2, 0.25) is 5.02 Å². The average molecular weight is 704 g/mol. The summed E-state index contributed by atoms with van der Waals surface area (Å²) in [6, 6.07) is 4.09. The number of carbonyl (C=O) groups excluding carboxylic acids is 2. The molecule has 4 heterocycles. The third-order valence-electron chi connectivity index (χ3n) is 8.35. The van der Waals surface area contributed by atoms with Crippen LogP contribution in [0.3, 0.4) is 0 Å². The first-order chi connectivity index (χ1) is 22.1. The van der Waals surface area contributed by atoms with Crippen LogP contribution in [0, 0.1) is 0 Å². The van der Waals surface area contributed by atoms with Crippen molar-refractivity contribution in [2.75, 3.05) is 13.1 Å². The minimum Gasteiger partial charge on any atom is -0.479 e. The van der Waals surface area contributed by atoms with E-state index in [1.54, 1.807) is 13.0 Å². The van der Waals surface area contributed by atoms with E-state index in [4.69, 9.17) is 16.3 Å². The molecule has 2 aliphatic heterocycles. The van der Waals surface area contributed by atoms with E-state index in [9.17, 15) is 45.8 Å². The molecule has 3 aromatic rings. The summed E-state index contributed by atoms with van der Waals surface area (Å²) in [7, 11) is 0. The number of nitrogens with zero attached hydrogens (tertiary/aromatic N) is 3. The number of alkyl halides is 6. The molecular weight excluding hydrogens is 676 g/mol.